The van der Waals surface area contributed by atoms with Crippen LogP contribution in [0.25, 0.3) is 11.2 Å². The SMILES string of the molecule is NCCNCCN.Nc1nc2ncc(CNc3ccc(C(=O)NC(CCC(=O)O)C(=O)O)cc3)nc2c(=O)[nH]1. The third-order valence-electron chi connectivity index (χ3n) is 5.00. The molecule has 1 amide bonds. The topological polar surface area (TPSA) is 277 Å². The molecule has 1 unspecified atom stereocenters. The van der Waals surface area contributed by atoms with E-state index in [4.69, 9.17) is 27.4 Å². The van der Waals surface area contributed by atoms with E-state index >= 15 is 0 Å². The Kier molecular flexibility index (Phi) is 12.2. The minimum absolute atomic E-state index is 0.0524. The Balaban J connectivity index is 0.000000673. The molecule has 3 rings (SSSR count). The van der Waals surface area contributed by atoms with E-state index < -0.39 is 29.4 Å². The number of nitrogens with two attached hydrogens (primary N) is 3. The number of nitrogen functional groups attached to an aromatic ring is 1. The Bertz CT molecular complexity index is 1310. The Hall–Kier alpha value is -4.67. The zero-order chi connectivity index (χ0) is 28.8. The largest absolute Gasteiger partial charge is 0.481 e. The summed E-state index contributed by atoms with van der Waals surface area (Å²) in [4.78, 5) is 60.6. The average Bonchev–Trinajstić information content (AvgIpc) is 2.90. The summed E-state index contributed by atoms with van der Waals surface area (Å²) in [5, 5.41) is 26.2. The smallest absolute Gasteiger partial charge is 0.326 e. The van der Waals surface area contributed by atoms with Crippen molar-refractivity contribution in [3.63, 3.8) is 0 Å². The molecule has 3 aromatic rings. The lowest BCUT2D eigenvalue weighted by molar-refractivity contribution is -0.140. The number of fused-ring (bicyclic) bond motifs is 1. The molecule has 0 radical (unpaired) electrons. The van der Waals surface area contributed by atoms with E-state index in [2.05, 4.69) is 35.9 Å². The Morgan fingerprint density at radius 2 is 1.69 bits per heavy atom. The summed E-state index contributed by atoms with van der Waals surface area (Å²) in [6.45, 7) is 3.36. The van der Waals surface area contributed by atoms with Gasteiger partial charge in [-0.2, -0.15) is 4.98 Å². The molecule has 0 bridgehead atoms. The number of aromatic amines is 1. The standard InChI is InChI=1S/C19H19N7O6.C4H13N3/c20-19-25-15-14(17(30)26-19)23-11(8-22-15)7-21-10-3-1-9(2-4-10)16(29)24-12(18(31)32)5-6-13(27)28;5-1-3-7-4-2-6/h1-4,8,12,21H,5-7H2,(H,24,29)(H,27,28)(H,31,32)(H3,20,22,25,26,30);7H,1-6H2. The molecule has 1 aromatic carbocycles. The highest BCUT2D eigenvalue weighted by atomic mass is 16.4. The van der Waals surface area contributed by atoms with Crippen molar-refractivity contribution in [2.24, 2.45) is 11.5 Å². The third kappa shape index (κ3) is 10.3. The zero-order valence-electron chi connectivity index (χ0n) is 21.0. The van der Waals surface area contributed by atoms with Crippen molar-refractivity contribution in [3.8, 4) is 0 Å². The van der Waals surface area contributed by atoms with Crippen LogP contribution in [0.2, 0.25) is 0 Å². The number of benzene rings is 1. The van der Waals surface area contributed by atoms with Gasteiger partial charge in [-0.1, -0.05) is 0 Å². The fraction of sp³-hybridized carbons (Fsp3) is 0.348. The van der Waals surface area contributed by atoms with Crippen LogP contribution < -0.4 is 38.7 Å². The fourth-order valence-electron chi connectivity index (χ4n) is 3.08. The number of aliphatic carboxylic acids is 2. The number of amides is 1. The molecule has 0 spiro atoms. The predicted octanol–water partition coefficient (Wildman–Crippen LogP) is -1.55. The molecular weight excluding hydrogens is 512 g/mol. The first-order chi connectivity index (χ1) is 18.6. The molecule has 2 heterocycles. The van der Waals surface area contributed by atoms with Gasteiger partial charge in [-0.25, -0.2) is 14.8 Å². The van der Waals surface area contributed by atoms with Gasteiger partial charge in [0.15, 0.2) is 11.2 Å². The summed E-state index contributed by atoms with van der Waals surface area (Å²) < 4.78 is 0. The second-order valence-electron chi connectivity index (χ2n) is 8.04. The molecule has 0 aliphatic carbocycles. The normalized spacial score (nSPS) is 11.2. The van der Waals surface area contributed by atoms with Gasteiger partial charge in [0.2, 0.25) is 5.95 Å². The minimum atomic E-state index is -1.31. The second kappa shape index (κ2) is 15.6. The van der Waals surface area contributed by atoms with Crippen LogP contribution in [0, 0.1) is 0 Å². The summed E-state index contributed by atoms with van der Waals surface area (Å²) in [7, 11) is 0. The number of nitrogens with one attached hydrogen (secondary N) is 4. The van der Waals surface area contributed by atoms with Gasteiger partial charge in [-0.15, -0.1) is 0 Å². The van der Waals surface area contributed by atoms with E-state index in [1.54, 1.807) is 12.1 Å². The van der Waals surface area contributed by atoms with E-state index in [9.17, 15) is 19.2 Å². The molecule has 16 nitrogen and oxygen atoms in total. The van der Waals surface area contributed by atoms with Gasteiger partial charge in [0.05, 0.1) is 18.4 Å². The van der Waals surface area contributed by atoms with Crippen molar-refractivity contribution < 1.29 is 24.6 Å². The highest BCUT2D eigenvalue weighted by Gasteiger charge is 2.21. The third-order valence-corrected chi connectivity index (χ3v) is 5.00. The van der Waals surface area contributed by atoms with E-state index in [-0.39, 0.29) is 42.1 Å². The number of hydrogen-bond donors (Lipinski definition) is 9. The Morgan fingerprint density at radius 3 is 2.28 bits per heavy atom. The van der Waals surface area contributed by atoms with Crippen LogP contribution >= 0.6 is 0 Å². The number of carbonyl (C=O) groups excluding carboxylic acids is 1. The zero-order valence-corrected chi connectivity index (χ0v) is 21.0. The molecular formula is C23H32N10O6. The molecule has 0 saturated heterocycles. The summed E-state index contributed by atoms with van der Waals surface area (Å²) in [5.41, 5.74) is 16.8. The quantitative estimate of drug-likeness (QED) is 0.110. The van der Waals surface area contributed by atoms with Crippen LogP contribution in [0.1, 0.15) is 28.9 Å². The van der Waals surface area contributed by atoms with Crippen molar-refractivity contribution >= 4 is 40.6 Å². The van der Waals surface area contributed by atoms with Gasteiger partial charge in [0.25, 0.3) is 11.5 Å². The fourth-order valence-corrected chi connectivity index (χ4v) is 3.08. The van der Waals surface area contributed by atoms with E-state index in [1.165, 1.54) is 18.3 Å². The van der Waals surface area contributed by atoms with Crippen molar-refractivity contribution in [1.29, 1.82) is 0 Å². The lowest BCUT2D eigenvalue weighted by atomic mass is 10.1. The minimum Gasteiger partial charge on any atom is -0.481 e. The maximum atomic E-state index is 12.3. The summed E-state index contributed by atoms with van der Waals surface area (Å²) in [6, 6.07) is 4.86. The van der Waals surface area contributed by atoms with Gasteiger partial charge in [0, 0.05) is 43.9 Å². The van der Waals surface area contributed by atoms with Crippen LogP contribution in [-0.4, -0.2) is 80.2 Å². The predicted molar refractivity (Wildman–Crippen MR) is 143 cm³/mol. The van der Waals surface area contributed by atoms with E-state index in [0.717, 1.165) is 13.1 Å². The number of hydrogen-bond acceptors (Lipinski definition) is 12. The maximum absolute atomic E-state index is 12.3. The first-order valence-corrected chi connectivity index (χ1v) is 11.9. The lowest BCUT2D eigenvalue weighted by Gasteiger charge is -2.14. The molecule has 210 valence electrons. The van der Waals surface area contributed by atoms with E-state index in [1.807, 2.05) is 0 Å². The van der Waals surface area contributed by atoms with Crippen molar-refractivity contribution in [3.05, 3.63) is 52.1 Å². The van der Waals surface area contributed by atoms with Crippen LogP contribution in [0.4, 0.5) is 11.6 Å². The van der Waals surface area contributed by atoms with Gasteiger partial charge in [-0.3, -0.25) is 19.4 Å². The number of H-pyrrole nitrogens is 1. The molecule has 0 aliphatic heterocycles. The van der Waals surface area contributed by atoms with E-state index in [0.29, 0.717) is 24.5 Å². The summed E-state index contributed by atoms with van der Waals surface area (Å²) >= 11 is 0. The second-order valence-corrected chi connectivity index (χ2v) is 8.04. The Labute approximate surface area is 222 Å². The summed E-state index contributed by atoms with van der Waals surface area (Å²) in [6.07, 6.45) is 0.840. The van der Waals surface area contributed by atoms with Gasteiger partial charge in [0.1, 0.15) is 6.04 Å². The molecule has 0 saturated carbocycles. The number of carbonyl (C=O) groups is 3. The van der Waals surface area contributed by atoms with Crippen molar-refractivity contribution in [2.75, 3.05) is 37.2 Å². The van der Waals surface area contributed by atoms with Crippen molar-refractivity contribution in [1.82, 2.24) is 30.6 Å². The van der Waals surface area contributed by atoms with Crippen LogP contribution in [0.5, 0.6) is 0 Å². The number of carboxylic acids is 2. The molecule has 0 aliphatic rings. The number of anilines is 2. The Morgan fingerprint density at radius 1 is 1.03 bits per heavy atom. The monoisotopic (exact) mass is 544 g/mol. The number of aromatic nitrogens is 4. The van der Waals surface area contributed by atoms with Crippen LogP contribution in [0.15, 0.2) is 35.3 Å². The molecule has 1 atom stereocenters. The number of rotatable bonds is 13. The molecule has 2 aromatic heterocycles. The highest BCUT2D eigenvalue weighted by molar-refractivity contribution is 5.96. The lowest BCUT2D eigenvalue weighted by Crippen LogP contribution is -2.41. The number of carboxylic acid groups (broad SMARTS) is 2. The summed E-state index contributed by atoms with van der Waals surface area (Å²) in [5.74, 6) is -3.16. The number of nitrogens with zero attached hydrogens (tertiary/aromatic N) is 3. The molecule has 39 heavy (non-hydrogen) atoms. The van der Waals surface area contributed by atoms with Crippen LogP contribution in [-0.2, 0) is 16.1 Å². The maximum Gasteiger partial charge on any atom is 0.326 e. The first-order valence-electron chi connectivity index (χ1n) is 11.9. The highest BCUT2D eigenvalue weighted by Crippen LogP contribution is 2.12. The molecule has 16 heteroatoms. The van der Waals surface area contributed by atoms with Gasteiger partial charge >= 0.3 is 11.9 Å². The van der Waals surface area contributed by atoms with Gasteiger partial charge in [-0.05, 0) is 30.7 Å². The molecule has 0 fully saturated rings. The average molecular weight is 545 g/mol. The van der Waals surface area contributed by atoms with Crippen LogP contribution in [0.3, 0.4) is 0 Å². The van der Waals surface area contributed by atoms with Crippen molar-refractivity contribution in [2.45, 2.75) is 25.4 Å². The molecule has 12 N–H and O–H groups in total. The first kappa shape index (κ1) is 30.6. The van der Waals surface area contributed by atoms with Gasteiger partial charge < -0.3 is 43.4 Å².